The zero-order valence-corrected chi connectivity index (χ0v) is 10.3. The summed E-state index contributed by atoms with van der Waals surface area (Å²) in [5.41, 5.74) is 6.15. The van der Waals surface area contributed by atoms with Gasteiger partial charge in [0.15, 0.2) is 9.84 Å². The Morgan fingerprint density at radius 1 is 1.06 bits per heavy atom. The zero-order valence-electron chi connectivity index (χ0n) is 9.51. The summed E-state index contributed by atoms with van der Waals surface area (Å²) in [7, 11) is -3.45. The highest BCUT2D eigenvalue weighted by molar-refractivity contribution is 7.90. The Balaban J connectivity index is 2.34. The highest BCUT2D eigenvalue weighted by Gasteiger charge is 2.16. The number of nitrogens with two attached hydrogens (primary N) is 1. The first-order chi connectivity index (χ1) is 8.49. The van der Waals surface area contributed by atoms with Gasteiger partial charge in [-0.15, -0.1) is 0 Å². The molecule has 0 aliphatic rings. The van der Waals surface area contributed by atoms with Gasteiger partial charge in [-0.2, -0.15) is 0 Å². The summed E-state index contributed by atoms with van der Waals surface area (Å²) in [6.45, 7) is 0. The number of hydrogen-bond donors (Lipinski definition) is 1. The standard InChI is InChI=1S/C13H12FNO2S/c14-11-7-6-10(13(15)8-11)9-18(16,17)12-4-2-1-3-5-12/h1-8H,9,15H2. The quantitative estimate of drug-likeness (QED) is 0.867. The second kappa shape index (κ2) is 4.78. The Morgan fingerprint density at radius 2 is 1.72 bits per heavy atom. The van der Waals surface area contributed by atoms with Crippen molar-refractivity contribution < 1.29 is 12.8 Å². The van der Waals surface area contributed by atoms with E-state index in [1.807, 2.05) is 0 Å². The first kappa shape index (κ1) is 12.6. The lowest BCUT2D eigenvalue weighted by molar-refractivity contribution is 0.595. The molecule has 0 aromatic heterocycles. The number of halogens is 1. The van der Waals surface area contributed by atoms with Crippen molar-refractivity contribution in [3.05, 3.63) is 59.9 Å². The molecule has 0 aliphatic heterocycles. The summed E-state index contributed by atoms with van der Waals surface area (Å²) in [4.78, 5) is 0.230. The Bertz CT molecular complexity index is 654. The minimum Gasteiger partial charge on any atom is -0.398 e. The minimum absolute atomic E-state index is 0.148. The number of sulfone groups is 1. The molecule has 2 aromatic carbocycles. The number of rotatable bonds is 3. The van der Waals surface area contributed by atoms with Gasteiger partial charge in [-0.3, -0.25) is 0 Å². The van der Waals surface area contributed by atoms with E-state index < -0.39 is 15.7 Å². The summed E-state index contributed by atoms with van der Waals surface area (Å²) in [5, 5.41) is 0. The minimum atomic E-state index is -3.45. The third-order valence-corrected chi connectivity index (χ3v) is 4.24. The van der Waals surface area contributed by atoms with E-state index >= 15 is 0 Å². The van der Waals surface area contributed by atoms with Gasteiger partial charge in [-0.1, -0.05) is 24.3 Å². The summed E-state index contributed by atoms with van der Waals surface area (Å²) in [6.07, 6.45) is 0. The molecule has 0 fully saturated rings. The van der Waals surface area contributed by atoms with Crippen LogP contribution in [0.1, 0.15) is 5.56 Å². The first-order valence-corrected chi connectivity index (χ1v) is 6.96. The van der Waals surface area contributed by atoms with Crippen molar-refractivity contribution in [1.82, 2.24) is 0 Å². The monoisotopic (exact) mass is 265 g/mol. The second-order valence-corrected chi connectivity index (χ2v) is 5.90. The summed E-state index contributed by atoms with van der Waals surface area (Å²) in [6, 6.07) is 11.8. The van der Waals surface area contributed by atoms with E-state index in [1.165, 1.54) is 24.3 Å². The molecule has 0 bridgehead atoms. The fourth-order valence-electron chi connectivity index (χ4n) is 1.61. The van der Waals surface area contributed by atoms with Gasteiger partial charge in [-0.25, -0.2) is 12.8 Å². The first-order valence-electron chi connectivity index (χ1n) is 5.31. The fraction of sp³-hybridized carbons (Fsp3) is 0.0769. The molecule has 0 saturated carbocycles. The zero-order chi connectivity index (χ0) is 13.2. The maximum Gasteiger partial charge on any atom is 0.182 e. The van der Waals surface area contributed by atoms with Crippen LogP contribution < -0.4 is 5.73 Å². The van der Waals surface area contributed by atoms with Crippen LogP contribution in [-0.4, -0.2) is 8.42 Å². The Hall–Kier alpha value is -1.88. The van der Waals surface area contributed by atoms with E-state index in [0.717, 1.165) is 6.07 Å². The maximum absolute atomic E-state index is 12.9. The van der Waals surface area contributed by atoms with Crippen LogP contribution in [0, 0.1) is 5.82 Å². The van der Waals surface area contributed by atoms with Crippen LogP contribution in [0.3, 0.4) is 0 Å². The number of anilines is 1. The number of benzene rings is 2. The number of nitrogen functional groups attached to an aromatic ring is 1. The van der Waals surface area contributed by atoms with Crippen LogP contribution in [0.5, 0.6) is 0 Å². The predicted octanol–water partition coefficient (Wildman–Crippen LogP) is 2.38. The van der Waals surface area contributed by atoms with Gasteiger partial charge in [0.2, 0.25) is 0 Å². The SMILES string of the molecule is Nc1cc(F)ccc1CS(=O)(=O)c1ccccc1. The molecule has 5 heteroatoms. The summed E-state index contributed by atoms with van der Waals surface area (Å²) in [5.74, 6) is -0.711. The smallest absolute Gasteiger partial charge is 0.182 e. The molecule has 18 heavy (non-hydrogen) atoms. The largest absolute Gasteiger partial charge is 0.398 e. The normalized spacial score (nSPS) is 11.4. The van der Waals surface area contributed by atoms with Gasteiger partial charge >= 0.3 is 0 Å². The van der Waals surface area contributed by atoms with Crippen LogP contribution in [0.25, 0.3) is 0 Å². The molecule has 2 aromatic rings. The molecule has 94 valence electrons. The van der Waals surface area contributed by atoms with Crippen molar-refractivity contribution >= 4 is 15.5 Å². The van der Waals surface area contributed by atoms with Crippen molar-refractivity contribution in [3.8, 4) is 0 Å². The molecule has 2 N–H and O–H groups in total. The molecular formula is C13H12FNO2S. The van der Waals surface area contributed by atoms with Gasteiger partial charge in [-0.05, 0) is 29.8 Å². The van der Waals surface area contributed by atoms with Gasteiger partial charge in [0, 0.05) is 5.69 Å². The van der Waals surface area contributed by atoms with E-state index in [2.05, 4.69) is 0 Å². The van der Waals surface area contributed by atoms with Crippen molar-refractivity contribution in [2.45, 2.75) is 10.6 Å². The molecule has 0 saturated heterocycles. The van der Waals surface area contributed by atoms with Crippen LogP contribution in [0.15, 0.2) is 53.4 Å². The van der Waals surface area contributed by atoms with E-state index in [4.69, 9.17) is 5.73 Å². The average Bonchev–Trinajstić information content (AvgIpc) is 2.34. The Morgan fingerprint density at radius 3 is 2.33 bits per heavy atom. The van der Waals surface area contributed by atoms with Crippen LogP contribution in [-0.2, 0) is 15.6 Å². The number of hydrogen-bond acceptors (Lipinski definition) is 3. The average molecular weight is 265 g/mol. The van der Waals surface area contributed by atoms with Gasteiger partial charge < -0.3 is 5.73 Å². The molecule has 0 radical (unpaired) electrons. The predicted molar refractivity (Wildman–Crippen MR) is 68.1 cm³/mol. The highest BCUT2D eigenvalue weighted by Crippen LogP contribution is 2.20. The topological polar surface area (TPSA) is 60.2 Å². The van der Waals surface area contributed by atoms with E-state index in [-0.39, 0.29) is 16.3 Å². The molecule has 0 aliphatic carbocycles. The third-order valence-electron chi connectivity index (χ3n) is 2.56. The van der Waals surface area contributed by atoms with Crippen molar-refractivity contribution in [1.29, 1.82) is 0 Å². The summed E-state index contributed by atoms with van der Waals surface area (Å²) >= 11 is 0. The van der Waals surface area contributed by atoms with Gasteiger partial charge in [0.25, 0.3) is 0 Å². The maximum atomic E-state index is 12.9. The van der Waals surface area contributed by atoms with Crippen LogP contribution >= 0.6 is 0 Å². The lowest BCUT2D eigenvalue weighted by atomic mass is 10.2. The van der Waals surface area contributed by atoms with Crippen molar-refractivity contribution in [2.75, 3.05) is 5.73 Å². The molecule has 0 spiro atoms. The second-order valence-electron chi connectivity index (χ2n) is 3.92. The lowest BCUT2D eigenvalue weighted by Gasteiger charge is -2.07. The molecule has 0 unspecified atom stereocenters. The molecule has 0 amide bonds. The summed E-state index contributed by atoms with van der Waals surface area (Å²) < 4.78 is 37.1. The van der Waals surface area contributed by atoms with Gasteiger partial charge in [0.1, 0.15) is 5.82 Å². The van der Waals surface area contributed by atoms with Gasteiger partial charge in [0.05, 0.1) is 10.6 Å². The van der Waals surface area contributed by atoms with E-state index in [1.54, 1.807) is 18.2 Å². The van der Waals surface area contributed by atoms with E-state index in [0.29, 0.717) is 5.56 Å². The Kier molecular flexibility index (Phi) is 3.34. The molecule has 3 nitrogen and oxygen atoms in total. The third kappa shape index (κ3) is 2.68. The molecule has 0 heterocycles. The highest BCUT2D eigenvalue weighted by atomic mass is 32.2. The molecular weight excluding hydrogens is 253 g/mol. The molecule has 0 atom stereocenters. The molecule has 2 rings (SSSR count). The van der Waals surface area contributed by atoms with Crippen molar-refractivity contribution in [2.24, 2.45) is 0 Å². The van der Waals surface area contributed by atoms with Crippen LogP contribution in [0.4, 0.5) is 10.1 Å². The fourth-order valence-corrected chi connectivity index (χ4v) is 3.02. The van der Waals surface area contributed by atoms with Crippen LogP contribution in [0.2, 0.25) is 0 Å². The Labute approximate surface area is 105 Å². The van der Waals surface area contributed by atoms with E-state index in [9.17, 15) is 12.8 Å². The lowest BCUT2D eigenvalue weighted by Crippen LogP contribution is -2.07. The van der Waals surface area contributed by atoms with Crippen molar-refractivity contribution in [3.63, 3.8) is 0 Å².